The van der Waals surface area contributed by atoms with Crippen molar-refractivity contribution in [3.8, 4) is 5.75 Å². The van der Waals surface area contributed by atoms with E-state index in [2.05, 4.69) is 0 Å². The first kappa shape index (κ1) is 10.4. The van der Waals surface area contributed by atoms with Crippen LogP contribution in [0.4, 0.5) is 4.39 Å². The first-order valence-corrected chi connectivity index (χ1v) is 5.19. The summed E-state index contributed by atoms with van der Waals surface area (Å²) in [6, 6.07) is 5.72. The summed E-state index contributed by atoms with van der Waals surface area (Å²) in [4.78, 5) is 0. The molecule has 0 heterocycles. The van der Waals surface area contributed by atoms with E-state index in [1.54, 1.807) is 7.11 Å². The molecule has 2 rings (SSSR count). The van der Waals surface area contributed by atoms with Crippen LogP contribution in [0.15, 0.2) is 18.2 Å². The predicted molar refractivity (Wildman–Crippen MR) is 57.8 cm³/mol. The Labute approximate surface area is 89.2 Å². The van der Waals surface area contributed by atoms with Crippen molar-refractivity contribution in [2.45, 2.75) is 24.9 Å². The minimum absolute atomic E-state index is 0.121. The summed E-state index contributed by atoms with van der Waals surface area (Å²) >= 11 is 0. The molecule has 1 aliphatic rings. The summed E-state index contributed by atoms with van der Waals surface area (Å²) in [6.45, 7) is 0.155. The number of hydrogen-bond donors (Lipinski definition) is 1. The quantitative estimate of drug-likeness (QED) is 0.824. The Morgan fingerprint density at radius 1 is 1.47 bits per heavy atom. The molecular weight excluding hydrogens is 193 g/mol. The van der Waals surface area contributed by atoms with E-state index in [0.717, 1.165) is 18.4 Å². The largest absolute Gasteiger partial charge is 0.496 e. The second-order valence-corrected chi connectivity index (χ2v) is 4.14. The fourth-order valence-corrected chi connectivity index (χ4v) is 1.97. The normalized spacial score (nSPS) is 17.5. The summed E-state index contributed by atoms with van der Waals surface area (Å²) in [7, 11) is 1.56. The second-order valence-electron chi connectivity index (χ2n) is 4.14. The Balaban J connectivity index is 2.35. The Kier molecular flexibility index (Phi) is 2.65. The molecule has 0 atom stereocenters. The lowest BCUT2D eigenvalue weighted by atomic mass is 9.94. The zero-order valence-electron chi connectivity index (χ0n) is 8.92. The predicted octanol–water partition coefficient (Wildman–Crippen LogP) is 2.16. The number of methoxy groups -OCH3 is 1. The molecule has 1 aliphatic carbocycles. The third-order valence-corrected chi connectivity index (χ3v) is 3.28. The fourth-order valence-electron chi connectivity index (χ4n) is 1.97. The summed E-state index contributed by atoms with van der Waals surface area (Å²) < 4.78 is 17.8. The lowest BCUT2D eigenvalue weighted by molar-refractivity contribution is 0.393. The monoisotopic (exact) mass is 209 g/mol. The van der Waals surface area contributed by atoms with Crippen molar-refractivity contribution in [2.75, 3.05) is 13.7 Å². The average Bonchev–Trinajstić information content (AvgIpc) is 3.09. The van der Waals surface area contributed by atoms with Gasteiger partial charge in [-0.3, -0.25) is 0 Å². The molecule has 0 aromatic heterocycles. The molecule has 3 heteroatoms. The molecule has 15 heavy (non-hydrogen) atoms. The highest BCUT2D eigenvalue weighted by Gasteiger charge is 2.42. The summed E-state index contributed by atoms with van der Waals surface area (Å²) in [5.74, 6) is 0.620. The van der Waals surface area contributed by atoms with Crippen LogP contribution in [0.2, 0.25) is 0 Å². The topological polar surface area (TPSA) is 35.2 Å². The first-order chi connectivity index (χ1) is 7.25. The third kappa shape index (κ3) is 1.72. The Bertz CT molecular complexity index is 361. The van der Waals surface area contributed by atoms with Crippen LogP contribution < -0.4 is 10.5 Å². The molecule has 2 N–H and O–H groups in total. The van der Waals surface area contributed by atoms with Gasteiger partial charge in [0.1, 0.15) is 12.4 Å². The summed E-state index contributed by atoms with van der Waals surface area (Å²) in [6.07, 6.45) is 2.23. The number of ether oxygens (including phenoxy) is 1. The van der Waals surface area contributed by atoms with E-state index in [1.807, 2.05) is 18.2 Å². The SMILES string of the molecule is COc1ccc(C2(CN)CC2)cc1CF. The van der Waals surface area contributed by atoms with Crippen molar-refractivity contribution in [2.24, 2.45) is 5.73 Å². The minimum Gasteiger partial charge on any atom is -0.496 e. The summed E-state index contributed by atoms with van der Waals surface area (Å²) in [5.41, 5.74) is 7.63. The van der Waals surface area contributed by atoms with Crippen LogP contribution in [0.25, 0.3) is 0 Å². The smallest absolute Gasteiger partial charge is 0.124 e. The van der Waals surface area contributed by atoms with Gasteiger partial charge in [-0.1, -0.05) is 6.07 Å². The molecule has 0 aliphatic heterocycles. The van der Waals surface area contributed by atoms with Gasteiger partial charge in [-0.25, -0.2) is 4.39 Å². The second kappa shape index (κ2) is 3.81. The van der Waals surface area contributed by atoms with Gasteiger partial charge in [-0.15, -0.1) is 0 Å². The van der Waals surface area contributed by atoms with E-state index in [0.29, 0.717) is 17.9 Å². The van der Waals surface area contributed by atoms with Gasteiger partial charge >= 0.3 is 0 Å². The van der Waals surface area contributed by atoms with Crippen LogP contribution in [0.5, 0.6) is 5.75 Å². The van der Waals surface area contributed by atoms with Gasteiger partial charge in [0.05, 0.1) is 7.11 Å². The number of halogens is 1. The molecule has 82 valence electrons. The standard InChI is InChI=1S/C12H16FNO/c1-15-11-3-2-10(6-9(11)7-13)12(8-14)4-5-12/h2-3,6H,4-5,7-8,14H2,1H3. The van der Waals surface area contributed by atoms with Crippen molar-refractivity contribution in [3.05, 3.63) is 29.3 Å². The number of nitrogens with two attached hydrogens (primary N) is 1. The summed E-state index contributed by atoms with van der Waals surface area (Å²) in [5, 5.41) is 0. The van der Waals surface area contributed by atoms with Gasteiger partial charge in [-0.2, -0.15) is 0 Å². The van der Waals surface area contributed by atoms with E-state index < -0.39 is 6.67 Å². The highest BCUT2D eigenvalue weighted by Crippen LogP contribution is 2.47. The fraction of sp³-hybridized carbons (Fsp3) is 0.500. The molecule has 0 unspecified atom stereocenters. The van der Waals surface area contributed by atoms with Crippen LogP contribution >= 0.6 is 0 Å². The Hall–Kier alpha value is -1.09. The Morgan fingerprint density at radius 2 is 2.20 bits per heavy atom. The molecule has 0 spiro atoms. The maximum atomic E-state index is 12.8. The van der Waals surface area contributed by atoms with Gasteiger partial charge in [-0.05, 0) is 30.5 Å². The molecule has 0 radical (unpaired) electrons. The molecule has 1 aromatic rings. The number of benzene rings is 1. The van der Waals surface area contributed by atoms with Gasteiger partial charge in [0.15, 0.2) is 0 Å². The van der Waals surface area contributed by atoms with Crippen LogP contribution in [-0.4, -0.2) is 13.7 Å². The molecule has 0 bridgehead atoms. The minimum atomic E-state index is -0.488. The van der Waals surface area contributed by atoms with Gasteiger partial charge in [0.2, 0.25) is 0 Å². The maximum absolute atomic E-state index is 12.8. The molecule has 1 fully saturated rings. The van der Waals surface area contributed by atoms with E-state index >= 15 is 0 Å². The van der Waals surface area contributed by atoms with Gasteiger partial charge < -0.3 is 10.5 Å². The maximum Gasteiger partial charge on any atom is 0.124 e. The van der Waals surface area contributed by atoms with Crippen molar-refractivity contribution in [3.63, 3.8) is 0 Å². The van der Waals surface area contributed by atoms with Crippen molar-refractivity contribution >= 4 is 0 Å². The van der Waals surface area contributed by atoms with Crippen LogP contribution in [0.1, 0.15) is 24.0 Å². The number of alkyl halides is 1. The molecule has 1 aromatic carbocycles. The van der Waals surface area contributed by atoms with E-state index in [9.17, 15) is 4.39 Å². The Morgan fingerprint density at radius 3 is 2.67 bits per heavy atom. The van der Waals surface area contributed by atoms with Gasteiger partial charge in [0.25, 0.3) is 0 Å². The third-order valence-electron chi connectivity index (χ3n) is 3.28. The lowest BCUT2D eigenvalue weighted by Crippen LogP contribution is -2.19. The zero-order chi connectivity index (χ0) is 10.9. The first-order valence-electron chi connectivity index (χ1n) is 5.19. The lowest BCUT2D eigenvalue weighted by Gasteiger charge is -2.15. The average molecular weight is 209 g/mol. The van der Waals surface area contributed by atoms with E-state index in [1.165, 1.54) is 0 Å². The molecule has 2 nitrogen and oxygen atoms in total. The van der Waals surface area contributed by atoms with Crippen LogP contribution in [-0.2, 0) is 12.1 Å². The van der Waals surface area contributed by atoms with Crippen LogP contribution in [0, 0.1) is 0 Å². The van der Waals surface area contributed by atoms with Crippen LogP contribution in [0.3, 0.4) is 0 Å². The van der Waals surface area contributed by atoms with Gasteiger partial charge in [0, 0.05) is 17.5 Å². The molecule has 0 amide bonds. The van der Waals surface area contributed by atoms with Crippen molar-refractivity contribution in [1.82, 2.24) is 0 Å². The number of rotatable bonds is 4. The highest BCUT2D eigenvalue weighted by molar-refractivity contribution is 5.42. The van der Waals surface area contributed by atoms with Crippen molar-refractivity contribution < 1.29 is 9.13 Å². The molecule has 0 saturated heterocycles. The van der Waals surface area contributed by atoms with Crippen molar-refractivity contribution in [1.29, 1.82) is 0 Å². The van der Waals surface area contributed by atoms with E-state index in [4.69, 9.17) is 10.5 Å². The molecular formula is C12H16FNO. The molecule has 1 saturated carbocycles. The zero-order valence-corrected chi connectivity index (χ0v) is 8.92. The van der Waals surface area contributed by atoms with E-state index in [-0.39, 0.29) is 5.41 Å². The highest BCUT2D eigenvalue weighted by atomic mass is 19.1. The number of hydrogen-bond acceptors (Lipinski definition) is 2.